The molecule has 1 atom stereocenters. The lowest BCUT2D eigenvalue weighted by molar-refractivity contribution is -0.137. The molecule has 3 aromatic carbocycles. The van der Waals surface area contributed by atoms with Crippen LogP contribution in [0.3, 0.4) is 0 Å². The lowest BCUT2D eigenvalue weighted by Crippen LogP contribution is -2.21. The maximum atomic E-state index is 14.0. The van der Waals surface area contributed by atoms with Crippen LogP contribution in [0.4, 0.5) is 27.6 Å². The Morgan fingerprint density at radius 1 is 1.05 bits per heavy atom. The molecular weight excluding hydrogens is 543 g/mol. The van der Waals surface area contributed by atoms with Gasteiger partial charge in [-0.25, -0.2) is 17.2 Å². The van der Waals surface area contributed by atoms with Crippen molar-refractivity contribution in [3.05, 3.63) is 98.6 Å². The molecule has 4 rings (SSSR count). The highest BCUT2D eigenvalue weighted by Crippen LogP contribution is 2.40. The molecule has 13 heteroatoms. The average molecular weight is 559 g/mol. The summed E-state index contributed by atoms with van der Waals surface area (Å²) >= 11 is 6.21. The molecule has 0 aromatic heterocycles. The van der Waals surface area contributed by atoms with Crippen molar-refractivity contribution in [2.45, 2.75) is 18.0 Å². The molecule has 3 aromatic rings. The van der Waals surface area contributed by atoms with E-state index in [9.17, 15) is 40.0 Å². The summed E-state index contributed by atoms with van der Waals surface area (Å²) in [5, 5.41) is 5.00. The van der Waals surface area contributed by atoms with Crippen LogP contribution in [0.15, 0.2) is 48.5 Å². The summed E-state index contributed by atoms with van der Waals surface area (Å²) in [5.41, 5.74) is -1.99. The number of carbonyl (C=O) groups is 2. The van der Waals surface area contributed by atoms with E-state index in [4.69, 9.17) is 11.6 Å². The molecule has 0 saturated carbocycles. The van der Waals surface area contributed by atoms with E-state index >= 15 is 0 Å². The number of nitrogens with one attached hydrogen (secondary N) is 2. The first-order valence-corrected chi connectivity index (χ1v) is 12.9. The standard InChI is InChI=1S/C24H16ClF5N2O4S/c1-37(35,36)10-11-4-17-20(21(32-23(17)34)16-9-14(26)2-3-18(16)25)19(5-11)31-22(33)12-6-13(24(28,29)30)8-15(27)7-12/h2-9,21H,10H2,1H3,(H,31,33)(H,32,34)/t21-/m1/s1. The molecule has 1 aliphatic rings. The van der Waals surface area contributed by atoms with E-state index in [1.54, 1.807) is 0 Å². The molecule has 0 bridgehead atoms. The minimum absolute atomic E-state index is 0.0583. The minimum atomic E-state index is -4.93. The fourth-order valence-electron chi connectivity index (χ4n) is 4.03. The number of hydrogen-bond donors (Lipinski definition) is 2. The summed E-state index contributed by atoms with van der Waals surface area (Å²) in [6.07, 6.45) is -3.98. The highest BCUT2D eigenvalue weighted by Gasteiger charge is 2.36. The van der Waals surface area contributed by atoms with Crippen molar-refractivity contribution in [1.82, 2.24) is 5.32 Å². The highest BCUT2D eigenvalue weighted by atomic mass is 35.5. The SMILES string of the molecule is CS(=O)(=O)Cc1cc(NC(=O)c2cc(F)cc(C(F)(F)F)c2)c2c(c1)C(=O)N[C@@H]2c1cc(F)ccc1Cl. The van der Waals surface area contributed by atoms with Gasteiger partial charge in [-0.1, -0.05) is 11.6 Å². The summed E-state index contributed by atoms with van der Waals surface area (Å²) in [6, 6.07) is 6.07. The van der Waals surface area contributed by atoms with Crippen LogP contribution in [0.2, 0.25) is 5.02 Å². The van der Waals surface area contributed by atoms with Gasteiger partial charge in [-0.3, -0.25) is 9.59 Å². The van der Waals surface area contributed by atoms with E-state index < -0.39 is 62.4 Å². The van der Waals surface area contributed by atoms with Crippen LogP contribution < -0.4 is 10.6 Å². The molecule has 0 spiro atoms. The second-order valence-electron chi connectivity index (χ2n) is 8.43. The number of benzene rings is 3. The number of alkyl halides is 3. The van der Waals surface area contributed by atoms with Crippen molar-refractivity contribution in [2.75, 3.05) is 11.6 Å². The maximum Gasteiger partial charge on any atom is 0.416 e. The number of hydrogen-bond acceptors (Lipinski definition) is 4. The van der Waals surface area contributed by atoms with Gasteiger partial charge in [-0.2, -0.15) is 13.2 Å². The topological polar surface area (TPSA) is 92.3 Å². The summed E-state index contributed by atoms with van der Waals surface area (Å²) in [5.74, 6) is -4.36. The fourth-order valence-corrected chi connectivity index (χ4v) is 5.03. The van der Waals surface area contributed by atoms with Gasteiger partial charge < -0.3 is 10.6 Å². The van der Waals surface area contributed by atoms with Gasteiger partial charge in [0, 0.05) is 39.2 Å². The number of rotatable bonds is 5. The Balaban J connectivity index is 1.86. The van der Waals surface area contributed by atoms with Crippen LogP contribution >= 0.6 is 11.6 Å². The van der Waals surface area contributed by atoms with Crippen molar-refractivity contribution >= 4 is 38.9 Å². The van der Waals surface area contributed by atoms with Crippen molar-refractivity contribution < 1.29 is 40.0 Å². The normalized spacial score (nSPS) is 15.3. The molecule has 1 heterocycles. The van der Waals surface area contributed by atoms with Crippen LogP contribution in [-0.2, 0) is 21.8 Å². The van der Waals surface area contributed by atoms with Crippen molar-refractivity contribution in [3.63, 3.8) is 0 Å². The predicted molar refractivity (Wildman–Crippen MR) is 125 cm³/mol. The summed E-state index contributed by atoms with van der Waals surface area (Å²) in [6.45, 7) is 0. The molecule has 2 amide bonds. The van der Waals surface area contributed by atoms with E-state index in [0.29, 0.717) is 12.1 Å². The van der Waals surface area contributed by atoms with Gasteiger partial charge in [-0.05, 0) is 54.1 Å². The Hall–Kier alpha value is -3.51. The largest absolute Gasteiger partial charge is 0.416 e. The summed E-state index contributed by atoms with van der Waals surface area (Å²) in [7, 11) is -3.60. The van der Waals surface area contributed by atoms with Crippen LogP contribution in [0.1, 0.15) is 49.0 Å². The molecule has 194 valence electrons. The zero-order valence-corrected chi connectivity index (χ0v) is 20.3. The number of carbonyl (C=O) groups excluding carboxylic acids is 2. The van der Waals surface area contributed by atoms with Gasteiger partial charge >= 0.3 is 6.18 Å². The van der Waals surface area contributed by atoms with Gasteiger partial charge in [0.2, 0.25) is 0 Å². The molecule has 0 radical (unpaired) electrons. The van der Waals surface area contributed by atoms with Gasteiger partial charge in [0.05, 0.1) is 17.4 Å². The second kappa shape index (κ2) is 9.42. The molecule has 0 unspecified atom stereocenters. The Labute approximate surface area is 212 Å². The molecule has 0 fully saturated rings. The monoisotopic (exact) mass is 558 g/mol. The third-order valence-electron chi connectivity index (χ3n) is 5.48. The summed E-state index contributed by atoms with van der Waals surface area (Å²) < 4.78 is 91.1. The first-order valence-electron chi connectivity index (χ1n) is 10.4. The number of halogens is 6. The molecule has 1 aliphatic heterocycles. The van der Waals surface area contributed by atoms with E-state index in [1.165, 1.54) is 18.2 Å². The Kier molecular flexibility index (Phi) is 6.76. The van der Waals surface area contributed by atoms with Gasteiger partial charge in [-0.15, -0.1) is 0 Å². The molecule has 37 heavy (non-hydrogen) atoms. The van der Waals surface area contributed by atoms with Crippen molar-refractivity contribution in [1.29, 1.82) is 0 Å². The first kappa shape index (κ1) is 26.6. The average Bonchev–Trinajstić information content (AvgIpc) is 3.09. The third-order valence-corrected chi connectivity index (χ3v) is 6.68. The Bertz CT molecular complexity index is 1560. The zero-order valence-electron chi connectivity index (χ0n) is 18.7. The van der Waals surface area contributed by atoms with Crippen molar-refractivity contribution in [3.8, 4) is 0 Å². The zero-order chi connectivity index (χ0) is 27.3. The third kappa shape index (κ3) is 5.75. The van der Waals surface area contributed by atoms with E-state index in [0.717, 1.165) is 18.4 Å². The quantitative estimate of drug-likeness (QED) is 0.418. The van der Waals surface area contributed by atoms with E-state index in [-0.39, 0.29) is 39.0 Å². The Morgan fingerprint density at radius 3 is 2.41 bits per heavy atom. The molecule has 0 saturated heterocycles. The van der Waals surface area contributed by atoms with Gasteiger partial charge in [0.25, 0.3) is 11.8 Å². The van der Waals surface area contributed by atoms with Crippen LogP contribution in [0, 0.1) is 11.6 Å². The number of fused-ring (bicyclic) bond motifs is 1. The second-order valence-corrected chi connectivity index (χ2v) is 11.0. The van der Waals surface area contributed by atoms with Crippen LogP contribution in [0.5, 0.6) is 0 Å². The van der Waals surface area contributed by atoms with E-state index in [2.05, 4.69) is 10.6 Å². The van der Waals surface area contributed by atoms with Crippen LogP contribution in [-0.4, -0.2) is 26.5 Å². The number of amides is 2. The predicted octanol–water partition coefficient (Wildman–Crippen LogP) is 5.27. The molecular formula is C24H16ClF5N2O4S. The minimum Gasteiger partial charge on any atom is -0.341 e. The smallest absolute Gasteiger partial charge is 0.341 e. The van der Waals surface area contributed by atoms with E-state index in [1.807, 2.05) is 0 Å². The highest BCUT2D eigenvalue weighted by molar-refractivity contribution is 7.89. The molecule has 0 aliphatic carbocycles. The van der Waals surface area contributed by atoms with Crippen molar-refractivity contribution in [2.24, 2.45) is 0 Å². The van der Waals surface area contributed by atoms with Gasteiger partial charge in [0.15, 0.2) is 9.84 Å². The molecule has 6 nitrogen and oxygen atoms in total. The number of sulfone groups is 1. The lowest BCUT2D eigenvalue weighted by atomic mass is 9.94. The van der Waals surface area contributed by atoms with Gasteiger partial charge in [0.1, 0.15) is 11.6 Å². The summed E-state index contributed by atoms with van der Waals surface area (Å²) in [4.78, 5) is 25.7. The number of anilines is 1. The lowest BCUT2D eigenvalue weighted by Gasteiger charge is -2.19. The fraction of sp³-hybridized carbons (Fsp3) is 0.167. The van der Waals surface area contributed by atoms with Crippen LogP contribution in [0.25, 0.3) is 0 Å². The molecule has 2 N–H and O–H groups in total. The first-order chi connectivity index (χ1) is 17.1. The Morgan fingerprint density at radius 2 is 1.76 bits per heavy atom. The maximum absolute atomic E-state index is 14.0.